The number of hydrogen-bond donors (Lipinski definition) is 0. The largest absolute Gasteiger partial charge is 0.298 e. The fourth-order valence-corrected chi connectivity index (χ4v) is 2.07. The lowest BCUT2D eigenvalue weighted by molar-refractivity contribution is 0.112. The van der Waals surface area contributed by atoms with E-state index in [1.54, 1.807) is 0 Å². The highest BCUT2D eigenvalue weighted by molar-refractivity contribution is 6.53. The molecule has 0 spiro atoms. The van der Waals surface area contributed by atoms with Gasteiger partial charge in [0.2, 0.25) is 0 Å². The Morgan fingerprint density at radius 3 is 2.36 bits per heavy atom. The molecule has 0 aliphatic rings. The van der Waals surface area contributed by atoms with Gasteiger partial charge in [0.05, 0.1) is 9.52 Å². The molecule has 0 heterocycles. The molecule has 0 aromatic heterocycles. The van der Waals surface area contributed by atoms with Crippen LogP contribution in [0.1, 0.15) is 36.7 Å². The van der Waals surface area contributed by atoms with E-state index >= 15 is 0 Å². The van der Waals surface area contributed by atoms with E-state index in [9.17, 15) is 4.79 Å². The fraction of sp³-hybridized carbons (Fsp3) is 0.417. The minimum atomic E-state index is 0.163. The van der Waals surface area contributed by atoms with Gasteiger partial charge in [0, 0.05) is 5.56 Å². The summed E-state index contributed by atoms with van der Waals surface area (Å²) in [5, 5.41) is 1.17. The third-order valence-corrected chi connectivity index (χ3v) is 3.29. The molecule has 0 amide bonds. The maximum atomic E-state index is 10.8. The Balaban J connectivity index is 3.21. The van der Waals surface area contributed by atoms with Crippen molar-refractivity contribution in [3.63, 3.8) is 0 Å². The molecule has 0 fully saturated rings. The van der Waals surface area contributed by atoms with Gasteiger partial charge in [-0.3, -0.25) is 4.79 Å². The summed E-state index contributed by atoms with van der Waals surface area (Å²) in [5.41, 5.74) is 2.29. The van der Waals surface area contributed by atoms with E-state index in [2.05, 4.69) is 33.4 Å². The molecule has 1 aromatic carbocycles. The molecule has 1 nitrogen and oxygen atoms in total. The second-order valence-electron chi connectivity index (χ2n) is 4.42. The van der Waals surface area contributed by atoms with Crippen molar-refractivity contribution in [3.8, 4) is 0 Å². The van der Waals surface area contributed by atoms with E-state index in [0.717, 1.165) is 11.8 Å². The highest BCUT2D eigenvalue weighted by Gasteiger charge is 2.14. The fourth-order valence-electron chi connectivity index (χ4n) is 1.34. The average molecular weight is 204 g/mol. The summed E-state index contributed by atoms with van der Waals surface area (Å²) >= 11 is 0. The molecule has 1 rings (SSSR count). The van der Waals surface area contributed by atoms with Gasteiger partial charge in [-0.1, -0.05) is 50.7 Å². The molecule has 0 N–H and O–H groups in total. The number of carbonyl (C=O) groups excluding carboxylic acids is 1. The minimum Gasteiger partial charge on any atom is -0.298 e. The topological polar surface area (TPSA) is 17.1 Å². The van der Waals surface area contributed by atoms with Crippen LogP contribution in [-0.4, -0.2) is 15.8 Å². The molecule has 2 heteroatoms. The van der Waals surface area contributed by atoms with E-state index in [0.29, 0.717) is 9.52 Å². The Morgan fingerprint density at radius 2 is 1.93 bits per heavy atom. The number of hydrogen-bond acceptors (Lipinski definition) is 1. The van der Waals surface area contributed by atoms with E-state index in [1.807, 2.05) is 12.1 Å². The molecule has 2 radical (unpaired) electrons. The maximum absolute atomic E-state index is 10.8. The zero-order chi connectivity index (χ0) is 10.8. The standard InChI is InChI=1S/C12H16OSi/c1-12(2,3)10-6-5-9(8-13)11(7-10)14-4/h5-8H,1-4H3. The molecule has 0 atom stereocenters. The monoisotopic (exact) mass is 204 g/mol. The summed E-state index contributed by atoms with van der Waals surface area (Å²) in [6.45, 7) is 8.66. The van der Waals surface area contributed by atoms with Gasteiger partial charge in [-0.05, 0) is 11.0 Å². The predicted octanol–water partition coefficient (Wildman–Crippen LogP) is 2.17. The molecule has 0 aliphatic carbocycles. The first-order chi connectivity index (χ1) is 6.49. The van der Waals surface area contributed by atoms with Crippen molar-refractivity contribution >= 4 is 21.0 Å². The molecule has 74 valence electrons. The second-order valence-corrected chi connectivity index (χ2v) is 5.46. The summed E-state index contributed by atoms with van der Waals surface area (Å²) in [5.74, 6) is 0. The van der Waals surface area contributed by atoms with E-state index < -0.39 is 0 Å². The van der Waals surface area contributed by atoms with Crippen LogP contribution in [0, 0.1) is 0 Å². The molecular formula is C12H16OSi. The molecule has 0 aliphatic heterocycles. The van der Waals surface area contributed by atoms with E-state index in [-0.39, 0.29) is 5.41 Å². The van der Waals surface area contributed by atoms with Crippen LogP contribution in [0.4, 0.5) is 0 Å². The van der Waals surface area contributed by atoms with Crippen LogP contribution in [-0.2, 0) is 5.41 Å². The summed E-state index contributed by atoms with van der Waals surface area (Å²) < 4.78 is 0. The van der Waals surface area contributed by atoms with Crippen LogP contribution in [0.25, 0.3) is 0 Å². The zero-order valence-electron chi connectivity index (χ0n) is 9.22. The first-order valence-electron chi connectivity index (χ1n) is 4.76. The average Bonchev–Trinajstić information content (AvgIpc) is 2.15. The lowest BCUT2D eigenvalue weighted by Crippen LogP contribution is -2.21. The highest BCUT2D eigenvalue weighted by atomic mass is 28.2. The molecule has 14 heavy (non-hydrogen) atoms. The Kier molecular flexibility index (Phi) is 3.27. The van der Waals surface area contributed by atoms with Crippen molar-refractivity contribution in [2.45, 2.75) is 32.7 Å². The first kappa shape index (κ1) is 11.2. The highest BCUT2D eigenvalue weighted by Crippen LogP contribution is 2.21. The maximum Gasteiger partial charge on any atom is 0.149 e. The summed E-state index contributed by atoms with van der Waals surface area (Å²) in [6.07, 6.45) is 0.943. The molecule has 0 unspecified atom stereocenters. The van der Waals surface area contributed by atoms with Crippen molar-refractivity contribution in [2.75, 3.05) is 0 Å². The lowest BCUT2D eigenvalue weighted by atomic mass is 9.87. The second kappa shape index (κ2) is 4.09. The Bertz CT molecular complexity index is 337. The quantitative estimate of drug-likeness (QED) is 0.533. The molecule has 0 saturated heterocycles. The Morgan fingerprint density at radius 1 is 1.29 bits per heavy atom. The van der Waals surface area contributed by atoms with Crippen LogP contribution in [0.2, 0.25) is 6.55 Å². The third kappa shape index (κ3) is 2.32. The molecular weight excluding hydrogens is 188 g/mol. The van der Waals surface area contributed by atoms with E-state index in [4.69, 9.17) is 0 Å². The van der Waals surface area contributed by atoms with Gasteiger partial charge in [0.1, 0.15) is 6.29 Å². The summed E-state index contributed by atoms with van der Waals surface area (Å²) in [6, 6.07) is 6.13. The van der Waals surface area contributed by atoms with E-state index in [1.165, 1.54) is 10.8 Å². The molecule has 1 aromatic rings. The molecule has 0 bridgehead atoms. The van der Waals surface area contributed by atoms with Gasteiger partial charge in [0.15, 0.2) is 0 Å². The van der Waals surface area contributed by atoms with Crippen molar-refractivity contribution in [2.24, 2.45) is 0 Å². The zero-order valence-corrected chi connectivity index (χ0v) is 10.2. The smallest absolute Gasteiger partial charge is 0.149 e. The number of carbonyl (C=O) groups is 1. The number of benzene rings is 1. The number of aldehydes is 1. The van der Waals surface area contributed by atoms with Crippen LogP contribution in [0.15, 0.2) is 18.2 Å². The van der Waals surface area contributed by atoms with Crippen molar-refractivity contribution in [1.29, 1.82) is 0 Å². The van der Waals surface area contributed by atoms with Crippen molar-refractivity contribution in [1.82, 2.24) is 0 Å². The van der Waals surface area contributed by atoms with Gasteiger partial charge in [0.25, 0.3) is 0 Å². The van der Waals surface area contributed by atoms with Crippen molar-refractivity contribution < 1.29 is 4.79 Å². The summed E-state index contributed by atoms with van der Waals surface area (Å²) in [4.78, 5) is 10.8. The van der Waals surface area contributed by atoms with Crippen LogP contribution in [0.5, 0.6) is 0 Å². The van der Waals surface area contributed by atoms with Gasteiger partial charge in [-0.25, -0.2) is 0 Å². The van der Waals surface area contributed by atoms with Gasteiger partial charge in [-0.2, -0.15) is 0 Å². The third-order valence-electron chi connectivity index (χ3n) is 2.32. The Hall–Kier alpha value is -0.893. The van der Waals surface area contributed by atoms with Gasteiger partial charge < -0.3 is 0 Å². The lowest BCUT2D eigenvalue weighted by Gasteiger charge is -2.20. The number of rotatable bonds is 2. The SMILES string of the molecule is C[Si]c1cc(C(C)(C)C)ccc1C=O. The van der Waals surface area contributed by atoms with Crippen molar-refractivity contribution in [3.05, 3.63) is 29.3 Å². The van der Waals surface area contributed by atoms with Gasteiger partial charge >= 0.3 is 0 Å². The predicted molar refractivity (Wildman–Crippen MR) is 61.8 cm³/mol. The van der Waals surface area contributed by atoms with Crippen LogP contribution in [0.3, 0.4) is 0 Å². The van der Waals surface area contributed by atoms with Crippen LogP contribution >= 0.6 is 0 Å². The first-order valence-corrected chi connectivity index (χ1v) is 6.26. The Labute approximate surface area is 88.4 Å². The minimum absolute atomic E-state index is 0.163. The normalized spacial score (nSPS) is 11.4. The summed E-state index contributed by atoms with van der Waals surface area (Å²) in [7, 11) is 0.680. The van der Waals surface area contributed by atoms with Gasteiger partial charge in [-0.15, -0.1) is 0 Å². The molecule has 0 saturated carbocycles. The van der Waals surface area contributed by atoms with Crippen LogP contribution < -0.4 is 5.19 Å².